The molecule has 0 spiro atoms. The van der Waals surface area contributed by atoms with Gasteiger partial charge in [0.25, 0.3) is 0 Å². The van der Waals surface area contributed by atoms with E-state index < -0.39 is 11.6 Å². The van der Waals surface area contributed by atoms with Gasteiger partial charge in [0.2, 0.25) is 0 Å². The monoisotopic (exact) mass is 353 g/mol. The van der Waals surface area contributed by atoms with E-state index in [1.54, 1.807) is 23.3 Å². The Bertz CT molecular complexity index is 1140. The lowest BCUT2D eigenvalue weighted by Gasteiger charge is -2.06. The fourth-order valence-corrected chi connectivity index (χ4v) is 2.94. The predicted molar refractivity (Wildman–Crippen MR) is 90.9 cm³/mol. The Kier molecular flexibility index (Phi) is 3.05. The molecule has 26 heavy (non-hydrogen) atoms. The molecule has 4 aromatic heterocycles. The fourth-order valence-electron chi connectivity index (χ4n) is 2.94. The Labute approximate surface area is 145 Å². The summed E-state index contributed by atoms with van der Waals surface area (Å²) >= 11 is 0. The molecule has 4 aromatic rings. The van der Waals surface area contributed by atoms with Gasteiger partial charge in [0.15, 0.2) is 17.5 Å². The second-order valence-electron chi connectivity index (χ2n) is 6.29. The second kappa shape index (κ2) is 5.32. The number of aromatic amines is 1. The largest absolute Gasteiger partial charge is 0.381 e. The minimum absolute atomic E-state index is 0.0677. The maximum Gasteiger partial charge on any atom is 0.191 e. The smallest absolute Gasteiger partial charge is 0.191 e. The average molecular weight is 353 g/mol. The Morgan fingerprint density at radius 2 is 2.04 bits per heavy atom. The van der Waals surface area contributed by atoms with E-state index in [4.69, 9.17) is 5.73 Å². The van der Waals surface area contributed by atoms with Crippen LogP contribution >= 0.6 is 0 Å². The molecule has 3 N–H and O–H groups in total. The van der Waals surface area contributed by atoms with E-state index in [9.17, 15) is 8.78 Å². The van der Waals surface area contributed by atoms with Crippen LogP contribution in [0.2, 0.25) is 0 Å². The molecule has 130 valence electrons. The van der Waals surface area contributed by atoms with Crippen LogP contribution in [0.25, 0.3) is 33.7 Å². The summed E-state index contributed by atoms with van der Waals surface area (Å²) in [6.07, 6.45) is 8.15. The van der Waals surface area contributed by atoms with Gasteiger partial charge in [-0.25, -0.2) is 23.7 Å². The molecular weight excluding hydrogens is 340 g/mol. The number of nitrogens with two attached hydrogens (primary N) is 1. The van der Waals surface area contributed by atoms with Crippen molar-refractivity contribution in [1.29, 1.82) is 0 Å². The molecule has 5 rings (SSSR count). The number of nitrogens with zero attached hydrogens (tertiary/aromatic N) is 5. The summed E-state index contributed by atoms with van der Waals surface area (Å²) in [6.45, 7) is 0. The van der Waals surface area contributed by atoms with E-state index in [1.165, 1.54) is 6.07 Å². The third-order valence-electron chi connectivity index (χ3n) is 4.41. The van der Waals surface area contributed by atoms with Gasteiger partial charge in [-0.3, -0.25) is 4.68 Å². The number of hydrogen-bond acceptors (Lipinski definition) is 5. The first-order chi connectivity index (χ1) is 12.6. The van der Waals surface area contributed by atoms with Gasteiger partial charge in [0, 0.05) is 28.9 Å². The van der Waals surface area contributed by atoms with Gasteiger partial charge in [-0.05, 0) is 18.9 Å². The molecule has 1 saturated carbocycles. The summed E-state index contributed by atoms with van der Waals surface area (Å²) in [6, 6.07) is 1.69. The molecule has 0 bridgehead atoms. The third kappa shape index (κ3) is 2.32. The molecule has 0 radical (unpaired) electrons. The number of hydrogen-bond donors (Lipinski definition) is 2. The lowest BCUT2D eigenvalue weighted by molar-refractivity contribution is 0.623. The van der Waals surface area contributed by atoms with Crippen LogP contribution in [0.15, 0.2) is 30.9 Å². The highest BCUT2D eigenvalue weighted by Gasteiger charge is 2.25. The number of pyridine rings is 1. The SMILES string of the molecule is Nc1nc(-c2c[nH]c3ncc(F)cc23)nc(-c2cnn(C3CC3)c2)c1F. The van der Waals surface area contributed by atoms with Crippen molar-refractivity contribution >= 4 is 16.9 Å². The van der Waals surface area contributed by atoms with Crippen molar-refractivity contribution < 1.29 is 8.78 Å². The Hall–Kier alpha value is -3.36. The van der Waals surface area contributed by atoms with Crippen molar-refractivity contribution in [1.82, 2.24) is 29.7 Å². The van der Waals surface area contributed by atoms with Crippen LogP contribution in [0.5, 0.6) is 0 Å². The van der Waals surface area contributed by atoms with E-state index in [-0.39, 0.29) is 17.3 Å². The number of nitrogen functional groups attached to an aromatic ring is 1. The highest BCUT2D eigenvalue weighted by molar-refractivity contribution is 5.92. The van der Waals surface area contributed by atoms with Crippen LogP contribution in [-0.4, -0.2) is 29.7 Å². The predicted octanol–water partition coefficient (Wildman–Crippen LogP) is 3.08. The number of anilines is 1. The third-order valence-corrected chi connectivity index (χ3v) is 4.41. The Morgan fingerprint density at radius 1 is 1.19 bits per heavy atom. The van der Waals surface area contributed by atoms with Crippen LogP contribution in [0.4, 0.5) is 14.6 Å². The van der Waals surface area contributed by atoms with Crippen LogP contribution < -0.4 is 5.73 Å². The molecule has 1 aliphatic rings. The van der Waals surface area contributed by atoms with Gasteiger partial charge < -0.3 is 10.7 Å². The molecule has 7 nitrogen and oxygen atoms in total. The van der Waals surface area contributed by atoms with Crippen molar-refractivity contribution in [3.8, 4) is 22.6 Å². The highest BCUT2D eigenvalue weighted by Crippen LogP contribution is 2.36. The molecule has 0 aliphatic heterocycles. The van der Waals surface area contributed by atoms with E-state index in [0.717, 1.165) is 19.0 Å². The van der Waals surface area contributed by atoms with Gasteiger partial charge in [-0.1, -0.05) is 0 Å². The molecular formula is C17H13F2N7. The summed E-state index contributed by atoms with van der Waals surface area (Å²) in [5.41, 5.74) is 7.33. The maximum absolute atomic E-state index is 14.5. The zero-order valence-electron chi connectivity index (χ0n) is 13.4. The van der Waals surface area contributed by atoms with Gasteiger partial charge in [-0.15, -0.1) is 0 Å². The molecule has 0 atom stereocenters. The Morgan fingerprint density at radius 3 is 2.85 bits per heavy atom. The number of fused-ring (bicyclic) bond motifs is 1. The van der Waals surface area contributed by atoms with Crippen LogP contribution in [0.1, 0.15) is 18.9 Å². The van der Waals surface area contributed by atoms with Crippen molar-refractivity contribution in [2.24, 2.45) is 0 Å². The first-order valence-electron chi connectivity index (χ1n) is 8.10. The quantitative estimate of drug-likeness (QED) is 0.590. The van der Waals surface area contributed by atoms with Crippen molar-refractivity contribution in [2.75, 3.05) is 5.73 Å². The molecule has 0 saturated heterocycles. The van der Waals surface area contributed by atoms with E-state index in [1.807, 2.05) is 0 Å². The van der Waals surface area contributed by atoms with E-state index in [2.05, 4.69) is 25.0 Å². The zero-order valence-corrected chi connectivity index (χ0v) is 13.4. The lowest BCUT2D eigenvalue weighted by atomic mass is 10.2. The van der Waals surface area contributed by atoms with Crippen molar-refractivity contribution in [2.45, 2.75) is 18.9 Å². The van der Waals surface area contributed by atoms with Crippen LogP contribution in [0, 0.1) is 11.6 Å². The highest BCUT2D eigenvalue weighted by atomic mass is 19.1. The summed E-state index contributed by atoms with van der Waals surface area (Å²) in [7, 11) is 0. The number of halogens is 2. The fraction of sp³-hybridized carbons (Fsp3) is 0.176. The normalized spacial score (nSPS) is 14.2. The molecule has 9 heteroatoms. The van der Waals surface area contributed by atoms with Crippen molar-refractivity contribution in [3.63, 3.8) is 0 Å². The zero-order chi connectivity index (χ0) is 17.8. The number of H-pyrrole nitrogens is 1. The van der Waals surface area contributed by atoms with Gasteiger partial charge >= 0.3 is 0 Å². The minimum atomic E-state index is -0.701. The molecule has 0 aromatic carbocycles. The standard InChI is InChI=1S/C17H13F2N7/c18-9-3-11-12(6-22-16(11)21-5-9)17-24-14(13(19)15(20)25-17)8-4-23-26(7-8)10-1-2-10/h3-7,10H,1-2H2,(H,21,22)(H2,20,24,25). The van der Waals surface area contributed by atoms with E-state index >= 15 is 0 Å². The summed E-state index contributed by atoms with van der Waals surface area (Å²) in [5.74, 6) is -1.27. The second-order valence-corrected chi connectivity index (χ2v) is 6.29. The number of rotatable bonds is 3. The first kappa shape index (κ1) is 14.9. The van der Waals surface area contributed by atoms with Gasteiger partial charge in [0.1, 0.15) is 17.2 Å². The molecule has 0 amide bonds. The van der Waals surface area contributed by atoms with Gasteiger partial charge in [-0.2, -0.15) is 5.10 Å². The molecule has 1 aliphatic carbocycles. The average Bonchev–Trinajstić information content (AvgIpc) is 3.21. The summed E-state index contributed by atoms with van der Waals surface area (Å²) in [4.78, 5) is 15.3. The van der Waals surface area contributed by atoms with Gasteiger partial charge in [0.05, 0.1) is 18.4 Å². The number of aromatic nitrogens is 6. The maximum atomic E-state index is 14.5. The number of nitrogens with one attached hydrogen (secondary N) is 1. The molecule has 1 fully saturated rings. The van der Waals surface area contributed by atoms with E-state index in [0.29, 0.717) is 28.2 Å². The minimum Gasteiger partial charge on any atom is -0.381 e. The first-order valence-corrected chi connectivity index (χ1v) is 8.10. The summed E-state index contributed by atoms with van der Waals surface area (Å²) < 4.78 is 29.9. The van der Waals surface area contributed by atoms with Crippen molar-refractivity contribution in [3.05, 3.63) is 42.5 Å². The van der Waals surface area contributed by atoms with Crippen LogP contribution in [0.3, 0.4) is 0 Å². The summed E-state index contributed by atoms with van der Waals surface area (Å²) in [5, 5.41) is 4.76. The molecule has 0 unspecified atom stereocenters. The lowest BCUT2D eigenvalue weighted by Crippen LogP contribution is -2.03. The Balaban J connectivity index is 1.67. The molecule has 4 heterocycles. The van der Waals surface area contributed by atoms with Crippen LogP contribution in [-0.2, 0) is 0 Å². The topological polar surface area (TPSA) is 98.3 Å².